The fourth-order valence-corrected chi connectivity index (χ4v) is 3.71. The van der Waals surface area contributed by atoms with Gasteiger partial charge in [-0.25, -0.2) is 0 Å². The minimum atomic E-state index is -0.429. The Morgan fingerprint density at radius 2 is 2.07 bits per heavy atom. The van der Waals surface area contributed by atoms with Gasteiger partial charge in [0, 0.05) is 29.4 Å². The van der Waals surface area contributed by atoms with Gasteiger partial charge < -0.3 is 9.15 Å². The minimum Gasteiger partial charge on any atom is -0.489 e. The lowest BCUT2D eigenvalue weighted by Crippen LogP contribution is -2.17. The molecule has 2 amide bonds. The molecule has 8 heteroatoms. The third-order valence-electron chi connectivity index (χ3n) is 3.96. The summed E-state index contributed by atoms with van der Waals surface area (Å²) < 4.78 is 11.6. The van der Waals surface area contributed by atoms with E-state index in [1.807, 2.05) is 26.0 Å². The molecule has 0 bridgehead atoms. The van der Waals surface area contributed by atoms with Crippen molar-refractivity contribution in [3.05, 3.63) is 52.3 Å². The highest BCUT2D eigenvalue weighted by Gasteiger charge is 2.25. The van der Waals surface area contributed by atoms with Crippen LogP contribution in [-0.2, 0) is 4.79 Å². The van der Waals surface area contributed by atoms with Crippen LogP contribution in [0, 0.1) is 0 Å². The number of halogens is 1. The zero-order valence-electron chi connectivity index (χ0n) is 15.0. The van der Waals surface area contributed by atoms with E-state index >= 15 is 0 Å². The molecule has 1 N–H and O–H groups in total. The summed E-state index contributed by atoms with van der Waals surface area (Å²) >= 11 is 7.20. The van der Waals surface area contributed by atoms with E-state index in [9.17, 15) is 9.59 Å². The molecule has 28 heavy (non-hydrogen) atoms. The van der Waals surface area contributed by atoms with Crippen LogP contribution in [0.3, 0.4) is 0 Å². The topological polar surface area (TPSA) is 81.4 Å². The molecule has 3 aromatic rings. The number of benzene rings is 1. The van der Waals surface area contributed by atoms with Crippen molar-refractivity contribution in [2.24, 2.45) is 0 Å². The van der Waals surface area contributed by atoms with Crippen LogP contribution in [0.25, 0.3) is 28.2 Å². The molecule has 1 aromatic carbocycles. The lowest BCUT2D eigenvalue weighted by atomic mass is 10.1. The summed E-state index contributed by atoms with van der Waals surface area (Å²) in [5.74, 6) is 0.642. The number of imide groups is 1. The lowest BCUT2D eigenvalue weighted by molar-refractivity contribution is -0.115. The maximum Gasteiger partial charge on any atom is 0.290 e. The quantitative estimate of drug-likeness (QED) is 0.586. The van der Waals surface area contributed by atoms with Gasteiger partial charge in [-0.3, -0.25) is 19.9 Å². The number of carbonyl (C=O) groups excluding carboxylic acids is 2. The number of hydrogen-bond donors (Lipinski definition) is 1. The van der Waals surface area contributed by atoms with Gasteiger partial charge in [-0.15, -0.1) is 0 Å². The molecule has 0 unspecified atom stereocenters. The number of furan rings is 1. The molecule has 1 aliphatic rings. The predicted octanol–water partition coefficient (Wildman–Crippen LogP) is 5.26. The molecular weight excluding hydrogens is 400 g/mol. The molecule has 1 fully saturated rings. The van der Waals surface area contributed by atoms with E-state index in [-0.39, 0.29) is 11.0 Å². The summed E-state index contributed by atoms with van der Waals surface area (Å²) in [4.78, 5) is 27.6. The molecule has 1 saturated heterocycles. The highest BCUT2D eigenvalue weighted by Crippen LogP contribution is 2.36. The third kappa shape index (κ3) is 3.63. The van der Waals surface area contributed by atoms with Crippen LogP contribution < -0.4 is 10.1 Å². The number of nitrogens with one attached hydrogen (secondary N) is 1. The van der Waals surface area contributed by atoms with E-state index < -0.39 is 11.1 Å². The number of thioether (sulfide) groups is 1. The van der Waals surface area contributed by atoms with Gasteiger partial charge in [0.15, 0.2) is 0 Å². The van der Waals surface area contributed by atoms with Crippen molar-refractivity contribution in [2.75, 3.05) is 0 Å². The number of pyridine rings is 1. The normalized spacial score (nSPS) is 15.6. The van der Waals surface area contributed by atoms with Crippen LogP contribution in [-0.4, -0.2) is 22.2 Å². The van der Waals surface area contributed by atoms with E-state index in [0.717, 1.165) is 28.3 Å². The monoisotopic (exact) mass is 414 g/mol. The molecule has 0 aliphatic carbocycles. The molecule has 1 aliphatic heterocycles. The maximum atomic E-state index is 11.7. The van der Waals surface area contributed by atoms with Crippen LogP contribution in [0.15, 0.2) is 46.0 Å². The Morgan fingerprint density at radius 1 is 1.25 bits per heavy atom. The average Bonchev–Trinajstić information content (AvgIpc) is 3.18. The minimum absolute atomic E-state index is 0.0201. The number of ether oxygens (including phenoxy) is 1. The first kappa shape index (κ1) is 18.6. The van der Waals surface area contributed by atoms with E-state index in [2.05, 4.69) is 10.3 Å². The standard InChI is InChI=1S/C20H15ClN2O4S/c1-10(2)26-16-4-3-11(6-15(16)21)14-9-22-8-12-5-13(27-18(12)14)7-17-19(24)23-20(25)28-17/h3-10H,1-2H3,(H,23,24,25)/b17-7-. The van der Waals surface area contributed by atoms with Gasteiger partial charge in [0.05, 0.1) is 16.0 Å². The van der Waals surface area contributed by atoms with Gasteiger partial charge >= 0.3 is 0 Å². The molecular formula is C20H15ClN2O4S. The molecule has 0 spiro atoms. The van der Waals surface area contributed by atoms with Gasteiger partial charge in [-0.2, -0.15) is 0 Å². The summed E-state index contributed by atoms with van der Waals surface area (Å²) in [6.45, 7) is 3.87. The number of fused-ring (bicyclic) bond motifs is 1. The molecule has 0 saturated carbocycles. The Labute approximate surface area is 169 Å². The summed E-state index contributed by atoms with van der Waals surface area (Å²) in [5.41, 5.74) is 2.21. The smallest absolute Gasteiger partial charge is 0.290 e. The SMILES string of the molecule is CC(C)Oc1ccc(-c2cncc3cc(/C=C4\SC(=O)NC4=O)oc23)cc1Cl. The Bertz CT molecular complexity index is 1140. The van der Waals surface area contributed by atoms with Crippen molar-refractivity contribution in [2.45, 2.75) is 20.0 Å². The van der Waals surface area contributed by atoms with Crippen molar-refractivity contribution in [3.63, 3.8) is 0 Å². The summed E-state index contributed by atoms with van der Waals surface area (Å²) in [7, 11) is 0. The summed E-state index contributed by atoms with van der Waals surface area (Å²) in [6.07, 6.45) is 4.93. The number of aromatic nitrogens is 1. The van der Waals surface area contributed by atoms with Crippen LogP contribution >= 0.6 is 23.4 Å². The van der Waals surface area contributed by atoms with E-state index in [4.69, 9.17) is 20.8 Å². The van der Waals surface area contributed by atoms with Crippen molar-refractivity contribution in [1.29, 1.82) is 0 Å². The third-order valence-corrected chi connectivity index (χ3v) is 5.07. The van der Waals surface area contributed by atoms with Crippen LogP contribution in [0.1, 0.15) is 19.6 Å². The van der Waals surface area contributed by atoms with Crippen LogP contribution in [0.2, 0.25) is 5.02 Å². The van der Waals surface area contributed by atoms with E-state index in [0.29, 0.717) is 22.1 Å². The lowest BCUT2D eigenvalue weighted by Gasteiger charge is -2.12. The van der Waals surface area contributed by atoms with E-state index in [1.54, 1.807) is 30.6 Å². The van der Waals surface area contributed by atoms with Crippen molar-refractivity contribution < 1.29 is 18.7 Å². The zero-order chi connectivity index (χ0) is 19.8. The summed E-state index contributed by atoms with van der Waals surface area (Å²) in [6, 6.07) is 7.27. The largest absolute Gasteiger partial charge is 0.489 e. The van der Waals surface area contributed by atoms with Crippen molar-refractivity contribution in [1.82, 2.24) is 10.3 Å². The van der Waals surface area contributed by atoms with Crippen molar-refractivity contribution in [3.8, 4) is 16.9 Å². The Morgan fingerprint density at radius 3 is 2.75 bits per heavy atom. The van der Waals surface area contributed by atoms with Gasteiger partial charge in [0.2, 0.25) is 0 Å². The van der Waals surface area contributed by atoms with Crippen molar-refractivity contribution >= 4 is 51.6 Å². The highest BCUT2D eigenvalue weighted by atomic mass is 35.5. The molecule has 6 nitrogen and oxygen atoms in total. The second kappa shape index (κ2) is 7.33. The van der Waals surface area contributed by atoms with Gasteiger partial charge in [-0.1, -0.05) is 17.7 Å². The highest BCUT2D eigenvalue weighted by molar-refractivity contribution is 8.18. The average molecular weight is 415 g/mol. The van der Waals surface area contributed by atoms with Gasteiger partial charge in [-0.05, 0) is 49.4 Å². The number of carbonyl (C=O) groups is 2. The second-order valence-corrected chi connectivity index (χ2v) is 7.84. The molecule has 3 heterocycles. The Balaban J connectivity index is 1.74. The Kier molecular flexibility index (Phi) is 4.87. The van der Waals surface area contributed by atoms with Gasteiger partial charge in [0.1, 0.15) is 17.1 Å². The zero-order valence-corrected chi connectivity index (χ0v) is 16.6. The predicted molar refractivity (Wildman–Crippen MR) is 109 cm³/mol. The second-order valence-electron chi connectivity index (χ2n) is 6.42. The van der Waals surface area contributed by atoms with Crippen LogP contribution in [0.5, 0.6) is 5.75 Å². The van der Waals surface area contributed by atoms with Gasteiger partial charge in [0.25, 0.3) is 11.1 Å². The molecule has 142 valence electrons. The molecule has 0 radical (unpaired) electrons. The van der Waals surface area contributed by atoms with Crippen LogP contribution in [0.4, 0.5) is 4.79 Å². The summed E-state index contributed by atoms with van der Waals surface area (Å²) in [5, 5.41) is 3.09. The molecule has 2 aromatic heterocycles. The first-order valence-corrected chi connectivity index (χ1v) is 9.69. The number of nitrogens with zero attached hydrogens (tertiary/aromatic N) is 1. The fourth-order valence-electron chi connectivity index (χ4n) is 2.83. The number of rotatable bonds is 4. The first-order valence-electron chi connectivity index (χ1n) is 8.49. The fraction of sp³-hybridized carbons (Fsp3) is 0.150. The maximum absolute atomic E-state index is 11.7. The van der Waals surface area contributed by atoms with E-state index in [1.165, 1.54) is 0 Å². The number of hydrogen-bond acceptors (Lipinski definition) is 6. The number of amides is 2. The Hall–Kier alpha value is -2.77. The molecule has 4 rings (SSSR count). The molecule has 0 atom stereocenters. The first-order chi connectivity index (χ1) is 13.4.